The molecule has 0 bridgehead atoms. The van der Waals surface area contributed by atoms with Crippen molar-refractivity contribution in [3.63, 3.8) is 0 Å². The van der Waals surface area contributed by atoms with Crippen LogP contribution < -0.4 is 5.32 Å². The van der Waals surface area contributed by atoms with Crippen molar-refractivity contribution in [1.29, 1.82) is 0 Å². The van der Waals surface area contributed by atoms with Gasteiger partial charge in [-0.25, -0.2) is 0 Å². The number of benzene rings is 1. The lowest BCUT2D eigenvalue weighted by molar-refractivity contribution is -0.141. The molecule has 0 radical (unpaired) electrons. The summed E-state index contributed by atoms with van der Waals surface area (Å²) >= 11 is 0. The number of amides is 1. The first-order chi connectivity index (χ1) is 11.6. The lowest BCUT2D eigenvalue weighted by Gasteiger charge is -2.13. The summed E-state index contributed by atoms with van der Waals surface area (Å²) in [6.07, 6.45) is -1.60. The van der Waals surface area contributed by atoms with Crippen LogP contribution in [0, 0.1) is 5.92 Å². The van der Waals surface area contributed by atoms with Crippen LogP contribution in [0.1, 0.15) is 42.4 Å². The number of allylic oxidation sites excluding steroid dienone is 2. The van der Waals surface area contributed by atoms with Gasteiger partial charge in [-0.15, -0.1) is 0 Å². The van der Waals surface area contributed by atoms with Gasteiger partial charge in [-0.3, -0.25) is 9.48 Å². The lowest BCUT2D eigenvalue weighted by atomic mass is 10.0. The fourth-order valence-electron chi connectivity index (χ4n) is 2.58. The zero-order valence-corrected chi connectivity index (χ0v) is 14.5. The van der Waals surface area contributed by atoms with Crippen molar-refractivity contribution in [2.24, 2.45) is 13.0 Å². The van der Waals surface area contributed by atoms with Gasteiger partial charge in [0.25, 0.3) is 5.91 Å². The van der Waals surface area contributed by atoms with E-state index in [1.165, 1.54) is 7.05 Å². The van der Waals surface area contributed by atoms with E-state index in [0.29, 0.717) is 11.6 Å². The van der Waals surface area contributed by atoms with Crippen LogP contribution in [0.25, 0.3) is 5.57 Å². The van der Waals surface area contributed by atoms with E-state index < -0.39 is 23.3 Å². The Morgan fingerprint density at radius 3 is 2.48 bits per heavy atom. The molecule has 1 amide bonds. The van der Waals surface area contributed by atoms with Crippen molar-refractivity contribution in [1.82, 2.24) is 9.78 Å². The highest BCUT2D eigenvalue weighted by molar-refractivity contribution is 6.06. The molecule has 0 unspecified atom stereocenters. The number of alkyl halides is 3. The Morgan fingerprint density at radius 1 is 1.24 bits per heavy atom. The number of aromatic nitrogens is 2. The Labute approximate surface area is 144 Å². The quantitative estimate of drug-likeness (QED) is 0.864. The predicted molar refractivity (Wildman–Crippen MR) is 91.1 cm³/mol. The maximum absolute atomic E-state index is 13.0. The second kappa shape index (κ2) is 7.13. The summed E-state index contributed by atoms with van der Waals surface area (Å²) in [6.45, 7) is 5.95. The summed E-state index contributed by atoms with van der Waals surface area (Å²) in [5.74, 6) is -0.538. The Balaban J connectivity index is 2.38. The monoisotopic (exact) mass is 351 g/mol. The van der Waals surface area contributed by atoms with E-state index in [2.05, 4.69) is 10.4 Å². The summed E-state index contributed by atoms with van der Waals surface area (Å²) in [5, 5.41) is 5.93. The second-order valence-electron chi connectivity index (χ2n) is 6.16. The second-order valence-corrected chi connectivity index (χ2v) is 6.16. The number of halogens is 3. The number of hydrogen-bond donors (Lipinski definition) is 1. The van der Waals surface area contributed by atoms with E-state index in [0.717, 1.165) is 22.0 Å². The molecule has 1 N–H and O–H groups in total. The molecule has 7 heteroatoms. The van der Waals surface area contributed by atoms with Crippen LogP contribution in [0.15, 0.2) is 36.5 Å². The van der Waals surface area contributed by atoms with Crippen LogP contribution in [0.2, 0.25) is 0 Å². The fourth-order valence-corrected chi connectivity index (χ4v) is 2.58. The van der Waals surface area contributed by atoms with Crippen LogP contribution in [0.5, 0.6) is 0 Å². The Morgan fingerprint density at radius 2 is 1.88 bits per heavy atom. The van der Waals surface area contributed by atoms with Crippen molar-refractivity contribution >= 4 is 17.2 Å². The Kier molecular flexibility index (Phi) is 5.35. The molecule has 25 heavy (non-hydrogen) atoms. The van der Waals surface area contributed by atoms with Crippen LogP contribution in [0.4, 0.5) is 18.9 Å². The van der Waals surface area contributed by atoms with Crippen LogP contribution >= 0.6 is 0 Å². The largest absolute Gasteiger partial charge is 0.435 e. The molecule has 0 aliphatic heterocycles. The first-order valence-corrected chi connectivity index (χ1v) is 7.79. The minimum Gasteiger partial charge on any atom is -0.321 e. The maximum Gasteiger partial charge on any atom is 0.435 e. The van der Waals surface area contributed by atoms with E-state index in [1.807, 2.05) is 39.0 Å². The molecule has 0 saturated heterocycles. The number of carbonyl (C=O) groups excluding carboxylic acids is 1. The summed E-state index contributed by atoms with van der Waals surface area (Å²) in [6, 6.07) is 7.01. The summed E-state index contributed by atoms with van der Waals surface area (Å²) in [7, 11) is 1.34. The fraction of sp³-hybridized carbons (Fsp3) is 0.333. The lowest BCUT2D eigenvalue weighted by Crippen LogP contribution is -2.18. The van der Waals surface area contributed by atoms with Crippen LogP contribution in [0.3, 0.4) is 0 Å². The van der Waals surface area contributed by atoms with Crippen molar-refractivity contribution in [2.45, 2.75) is 26.9 Å². The molecule has 2 rings (SSSR count). The van der Waals surface area contributed by atoms with Crippen molar-refractivity contribution in [2.75, 3.05) is 5.32 Å². The average Bonchev–Trinajstić information content (AvgIpc) is 2.89. The molecule has 0 saturated carbocycles. The third-order valence-corrected chi connectivity index (χ3v) is 3.53. The van der Waals surface area contributed by atoms with Gasteiger partial charge < -0.3 is 5.32 Å². The van der Waals surface area contributed by atoms with Gasteiger partial charge in [0, 0.05) is 24.5 Å². The first-order valence-electron chi connectivity index (χ1n) is 7.79. The maximum atomic E-state index is 13.0. The minimum atomic E-state index is -4.69. The van der Waals surface area contributed by atoms with Crippen molar-refractivity contribution < 1.29 is 18.0 Å². The zero-order chi connectivity index (χ0) is 18.8. The van der Waals surface area contributed by atoms with Gasteiger partial charge in [-0.1, -0.05) is 38.1 Å². The molecule has 1 heterocycles. The number of carbonyl (C=O) groups is 1. The first kappa shape index (κ1) is 18.8. The Hall–Kier alpha value is -2.57. The third-order valence-electron chi connectivity index (χ3n) is 3.53. The van der Waals surface area contributed by atoms with Crippen LogP contribution in [-0.2, 0) is 13.2 Å². The van der Waals surface area contributed by atoms with Gasteiger partial charge in [0.05, 0.1) is 5.56 Å². The summed E-state index contributed by atoms with van der Waals surface area (Å²) in [4.78, 5) is 12.4. The van der Waals surface area contributed by atoms with Crippen molar-refractivity contribution in [3.05, 3.63) is 53.4 Å². The molecule has 134 valence electrons. The third kappa shape index (κ3) is 4.49. The van der Waals surface area contributed by atoms with E-state index in [1.54, 1.807) is 12.1 Å². The topological polar surface area (TPSA) is 46.9 Å². The molecular weight excluding hydrogens is 331 g/mol. The SMILES string of the molecule is C/C(=C\C(C)C)c1ccccc1NC(=O)c1cn(C)nc1C(F)(F)F. The smallest absolute Gasteiger partial charge is 0.321 e. The molecule has 0 spiro atoms. The van der Waals surface area contributed by atoms with Crippen molar-refractivity contribution in [3.8, 4) is 0 Å². The number of nitrogens with one attached hydrogen (secondary N) is 1. The minimum absolute atomic E-state index is 0.305. The number of nitrogens with zero attached hydrogens (tertiary/aromatic N) is 2. The summed E-state index contributed by atoms with van der Waals surface area (Å²) < 4.78 is 40.1. The van der Waals surface area contributed by atoms with Gasteiger partial charge in [0.2, 0.25) is 0 Å². The molecule has 4 nitrogen and oxygen atoms in total. The zero-order valence-electron chi connectivity index (χ0n) is 14.5. The van der Waals surface area contributed by atoms with E-state index in [9.17, 15) is 18.0 Å². The van der Waals surface area contributed by atoms with Gasteiger partial charge >= 0.3 is 6.18 Å². The number of anilines is 1. The standard InChI is InChI=1S/C18H20F3N3O/c1-11(2)9-12(3)13-7-5-6-8-15(13)22-17(25)14-10-24(4)23-16(14)18(19,20)21/h5-11H,1-4H3,(H,22,25)/b12-9+. The Bertz CT molecular complexity index is 804. The van der Waals surface area contributed by atoms with Crippen LogP contribution in [-0.4, -0.2) is 15.7 Å². The number of rotatable bonds is 4. The molecular formula is C18H20F3N3O. The van der Waals surface area contributed by atoms with Gasteiger partial charge in [0.1, 0.15) is 0 Å². The van der Waals surface area contributed by atoms with Gasteiger partial charge in [0.15, 0.2) is 5.69 Å². The van der Waals surface area contributed by atoms with Gasteiger partial charge in [-0.05, 0) is 24.5 Å². The summed E-state index contributed by atoms with van der Waals surface area (Å²) in [5.41, 5.74) is 0.462. The van der Waals surface area contributed by atoms with E-state index >= 15 is 0 Å². The highest BCUT2D eigenvalue weighted by Gasteiger charge is 2.39. The number of para-hydroxylation sites is 1. The highest BCUT2D eigenvalue weighted by atomic mass is 19.4. The molecule has 2 aromatic rings. The van der Waals surface area contributed by atoms with E-state index in [4.69, 9.17) is 0 Å². The molecule has 1 aromatic carbocycles. The number of aryl methyl sites for hydroxylation is 1. The normalized spacial score (nSPS) is 12.6. The van der Waals surface area contributed by atoms with Gasteiger partial charge in [-0.2, -0.15) is 18.3 Å². The number of hydrogen-bond acceptors (Lipinski definition) is 2. The molecule has 0 aliphatic rings. The molecule has 0 atom stereocenters. The molecule has 0 fully saturated rings. The highest BCUT2D eigenvalue weighted by Crippen LogP contribution is 2.31. The van der Waals surface area contributed by atoms with E-state index in [-0.39, 0.29) is 0 Å². The molecule has 0 aliphatic carbocycles. The average molecular weight is 351 g/mol. The predicted octanol–water partition coefficient (Wildman–Crippen LogP) is 4.75. The molecule has 1 aromatic heterocycles.